The molecule has 0 aliphatic carbocycles. The van der Waals surface area contributed by atoms with Crippen LogP contribution in [0.2, 0.25) is 0 Å². The summed E-state index contributed by atoms with van der Waals surface area (Å²) in [7, 11) is 0. The molecule has 6 nitrogen and oxygen atoms in total. The van der Waals surface area contributed by atoms with Gasteiger partial charge in [0.15, 0.2) is 0 Å². The lowest BCUT2D eigenvalue weighted by atomic mass is 10.2. The molecule has 0 spiro atoms. The number of halogens is 3. The molecule has 140 valence electrons. The average molecular weight is 385 g/mol. The Morgan fingerprint density at radius 3 is 2.88 bits per heavy atom. The number of nitrogens with zero attached hydrogens (tertiary/aromatic N) is 4. The summed E-state index contributed by atoms with van der Waals surface area (Å²) >= 11 is 1.08. The molecule has 0 radical (unpaired) electrons. The fraction of sp³-hybridized carbons (Fsp3) is 0.500. The van der Waals surface area contributed by atoms with Crippen molar-refractivity contribution >= 4 is 23.3 Å². The molecule has 0 bridgehead atoms. The van der Waals surface area contributed by atoms with Crippen LogP contribution in [0, 0.1) is 0 Å². The van der Waals surface area contributed by atoms with Crippen LogP contribution in [0.3, 0.4) is 0 Å². The molecule has 1 fully saturated rings. The second kappa shape index (κ2) is 7.56. The van der Waals surface area contributed by atoms with Crippen LogP contribution in [0.4, 0.5) is 19.0 Å². The highest BCUT2D eigenvalue weighted by atomic mass is 32.1. The highest BCUT2D eigenvalue weighted by Crippen LogP contribution is 2.30. The van der Waals surface area contributed by atoms with Crippen molar-refractivity contribution in [2.75, 3.05) is 18.0 Å². The van der Waals surface area contributed by atoms with Gasteiger partial charge in [-0.2, -0.15) is 13.2 Å². The van der Waals surface area contributed by atoms with Crippen molar-refractivity contribution in [3.8, 4) is 0 Å². The lowest BCUT2D eigenvalue weighted by Gasteiger charge is -2.18. The number of rotatable bonds is 5. The SMILES string of the molecule is CCCc1nnsc1C(=O)N[C@H]1CCN(c2ccc(C(F)(F)F)cn2)C1. The van der Waals surface area contributed by atoms with Crippen molar-refractivity contribution in [1.82, 2.24) is 19.9 Å². The minimum absolute atomic E-state index is 0.0943. The minimum Gasteiger partial charge on any atom is -0.354 e. The van der Waals surface area contributed by atoms with Gasteiger partial charge in [0, 0.05) is 25.3 Å². The summed E-state index contributed by atoms with van der Waals surface area (Å²) in [6.45, 7) is 3.12. The van der Waals surface area contributed by atoms with Crippen molar-refractivity contribution in [2.24, 2.45) is 0 Å². The number of amides is 1. The first-order chi connectivity index (χ1) is 12.4. The molecule has 0 unspecified atom stereocenters. The van der Waals surface area contributed by atoms with Gasteiger partial charge in [0.1, 0.15) is 10.7 Å². The number of aryl methyl sites for hydroxylation is 1. The Balaban J connectivity index is 1.60. The molecule has 1 aliphatic heterocycles. The number of carbonyl (C=O) groups excluding carboxylic acids is 1. The maximum Gasteiger partial charge on any atom is 0.417 e. The summed E-state index contributed by atoms with van der Waals surface area (Å²) in [5.41, 5.74) is -0.0688. The monoisotopic (exact) mass is 385 g/mol. The molecule has 0 aromatic carbocycles. The van der Waals surface area contributed by atoms with E-state index >= 15 is 0 Å². The van der Waals surface area contributed by atoms with Crippen LogP contribution in [0.25, 0.3) is 0 Å². The molecular formula is C16H18F3N5OS. The zero-order chi connectivity index (χ0) is 18.7. The highest BCUT2D eigenvalue weighted by molar-refractivity contribution is 7.08. The molecule has 1 aliphatic rings. The topological polar surface area (TPSA) is 71.0 Å². The van der Waals surface area contributed by atoms with Crippen LogP contribution >= 0.6 is 11.5 Å². The normalized spacial score (nSPS) is 17.5. The fourth-order valence-corrected chi connectivity index (χ4v) is 3.47. The van der Waals surface area contributed by atoms with Crippen molar-refractivity contribution in [2.45, 2.75) is 38.4 Å². The van der Waals surface area contributed by atoms with E-state index in [1.165, 1.54) is 6.07 Å². The van der Waals surface area contributed by atoms with Gasteiger partial charge in [-0.25, -0.2) is 4.98 Å². The summed E-state index contributed by atoms with van der Waals surface area (Å²) in [6.07, 6.45) is -1.29. The maximum absolute atomic E-state index is 12.6. The molecule has 1 atom stereocenters. The van der Waals surface area contributed by atoms with Crippen LogP contribution in [0.5, 0.6) is 0 Å². The summed E-state index contributed by atoms with van der Waals surface area (Å²) < 4.78 is 41.7. The molecule has 2 aromatic rings. The van der Waals surface area contributed by atoms with E-state index in [4.69, 9.17) is 0 Å². The van der Waals surface area contributed by atoms with E-state index in [1.54, 1.807) is 0 Å². The van der Waals surface area contributed by atoms with E-state index in [-0.39, 0.29) is 11.9 Å². The number of nitrogens with one attached hydrogen (secondary N) is 1. The Morgan fingerprint density at radius 1 is 1.42 bits per heavy atom. The number of carbonyl (C=O) groups is 1. The van der Waals surface area contributed by atoms with Gasteiger partial charge in [-0.1, -0.05) is 17.8 Å². The molecule has 3 heterocycles. The second-order valence-electron chi connectivity index (χ2n) is 6.11. The average Bonchev–Trinajstić information content (AvgIpc) is 3.24. The lowest BCUT2D eigenvalue weighted by Crippen LogP contribution is -2.37. The van der Waals surface area contributed by atoms with Gasteiger partial charge in [-0.05, 0) is 36.5 Å². The molecule has 1 N–H and O–H groups in total. The highest BCUT2D eigenvalue weighted by Gasteiger charge is 2.32. The third kappa shape index (κ3) is 4.12. The van der Waals surface area contributed by atoms with Crippen LogP contribution in [0.1, 0.15) is 40.7 Å². The Morgan fingerprint density at radius 2 is 2.23 bits per heavy atom. The maximum atomic E-state index is 12.6. The smallest absolute Gasteiger partial charge is 0.354 e. The van der Waals surface area contributed by atoms with Gasteiger partial charge in [0.05, 0.1) is 11.3 Å². The number of aromatic nitrogens is 3. The largest absolute Gasteiger partial charge is 0.417 e. The van der Waals surface area contributed by atoms with E-state index in [2.05, 4.69) is 19.9 Å². The summed E-state index contributed by atoms with van der Waals surface area (Å²) in [5, 5.41) is 6.95. The van der Waals surface area contributed by atoms with Gasteiger partial charge in [-0.15, -0.1) is 5.10 Å². The molecule has 1 saturated heterocycles. The number of hydrogen-bond donors (Lipinski definition) is 1. The van der Waals surface area contributed by atoms with Crippen molar-refractivity contribution < 1.29 is 18.0 Å². The third-order valence-electron chi connectivity index (χ3n) is 4.17. The predicted octanol–water partition coefficient (Wildman–Crippen LogP) is 2.91. The zero-order valence-electron chi connectivity index (χ0n) is 14.1. The van der Waals surface area contributed by atoms with Crippen molar-refractivity contribution in [1.29, 1.82) is 0 Å². The van der Waals surface area contributed by atoms with Gasteiger partial charge in [0.25, 0.3) is 5.91 Å². The van der Waals surface area contributed by atoms with Crippen LogP contribution in [0.15, 0.2) is 18.3 Å². The van der Waals surface area contributed by atoms with Gasteiger partial charge < -0.3 is 10.2 Å². The first-order valence-corrected chi connectivity index (χ1v) is 9.06. The van der Waals surface area contributed by atoms with Gasteiger partial charge in [0.2, 0.25) is 0 Å². The number of pyridine rings is 1. The second-order valence-corrected chi connectivity index (χ2v) is 6.86. The zero-order valence-corrected chi connectivity index (χ0v) is 14.9. The van der Waals surface area contributed by atoms with Crippen LogP contribution < -0.4 is 10.2 Å². The Kier molecular flexibility index (Phi) is 5.40. The molecule has 0 saturated carbocycles. The summed E-state index contributed by atoms with van der Waals surface area (Å²) in [4.78, 5) is 18.7. The van der Waals surface area contributed by atoms with Crippen LogP contribution in [-0.4, -0.2) is 39.6 Å². The number of anilines is 1. The van der Waals surface area contributed by atoms with Crippen molar-refractivity contribution in [3.63, 3.8) is 0 Å². The molecule has 3 rings (SSSR count). The Bertz CT molecular complexity index is 762. The molecule has 26 heavy (non-hydrogen) atoms. The summed E-state index contributed by atoms with van der Waals surface area (Å²) in [5.74, 6) is 0.275. The predicted molar refractivity (Wildman–Crippen MR) is 91.2 cm³/mol. The first kappa shape index (κ1) is 18.6. The molecule has 2 aromatic heterocycles. The molecule has 10 heteroatoms. The minimum atomic E-state index is -4.40. The number of hydrogen-bond acceptors (Lipinski definition) is 6. The van der Waals surface area contributed by atoms with Crippen molar-refractivity contribution in [3.05, 3.63) is 34.5 Å². The Labute approximate surface area is 152 Å². The van der Waals surface area contributed by atoms with E-state index in [0.717, 1.165) is 30.2 Å². The van der Waals surface area contributed by atoms with Gasteiger partial charge >= 0.3 is 6.18 Å². The fourth-order valence-electron chi connectivity index (χ4n) is 2.86. The summed E-state index contributed by atoms with van der Waals surface area (Å²) in [6, 6.07) is 2.29. The first-order valence-electron chi connectivity index (χ1n) is 8.28. The lowest BCUT2D eigenvalue weighted by molar-refractivity contribution is -0.137. The Hall–Kier alpha value is -2.23. The van der Waals surface area contributed by atoms with E-state index in [0.29, 0.717) is 42.3 Å². The number of alkyl halides is 3. The molecule has 1 amide bonds. The molecular weight excluding hydrogens is 367 g/mol. The van der Waals surface area contributed by atoms with E-state index in [1.807, 2.05) is 11.8 Å². The van der Waals surface area contributed by atoms with E-state index < -0.39 is 11.7 Å². The quantitative estimate of drug-likeness (QED) is 0.857. The van der Waals surface area contributed by atoms with Crippen LogP contribution in [-0.2, 0) is 12.6 Å². The third-order valence-corrected chi connectivity index (χ3v) is 4.94. The standard InChI is InChI=1S/C16H18F3N5OS/c1-2-3-12-14(26-23-22-12)15(25)21-11-6-7-24(9-11)13-5-4-10(8-20-13)16(17,18)19/h4-5,8,11H,2-3,6-7,9H2,1H3,(H,21,25)/t11-/m0/s1. The van der Waals surface area contributed by atoms with E-state index in [9.17, 15) is 18.0 Å². The van der Waals surface area contributed by atoms with Gasteiger partial charge in [-0.3, -0.25) is 4.79 Å².